The van der Waals surface area contributed by atoms with Crippen LogP contribution in [0.5, 0.6) is 0 Å². The minimum atomic E-state index is 0.0889. The summed E-state index contributed by atoms with van der Waals surface area (Å²) in [6, 6.07) is 5.99. The molecule has 0 aliphatic carbocycles. The Kier molecular flexibility index (Phi) is 5.58. The molecule has 1 aliphatic heterocycles. The van der Waals surface area contributed by atoms with Crippen molar-refractivity contribution in [1.29, 1.82) is 0 Å². The van der Waals surface area contributed by atoms with Crippen LogP contribution in [0.25, 0.3) is 0 Å². The van der Waals surface area contributed by atoms with Crippen molar-refractivity contribution in [2.45, 2.75) is 40.0 Å². The van der Waals surface area contributed by atoms with Gasteiger partial charge in [0.15, 0.2) is 0 Å². The van der Waals surface area contributed by atoms with Gasteiger partial charge in [-0.05, 0) is 38.3 Å². The molecule has 0 radical (unpaired) electrons. The summed E-state index contributed by atoms with van der Waals surface area (Å²) in [5, 5.41) is 0. The summed E-state index contributed by atoms with van der Waals surface area (Å²) in [6.45, 7) is 8.76. The van der Waals surface area contributed by atoms with E-state index in [0.717, 1.165) is 42.6 Å². The van der Waals surface area contributed by atoms with Crippen LogP contribution in [0.3, 0.4) is 0 Å². The summed E-state index contributed by atoms with van der Waals surface area (Å²) in [5.41, 5.74) is 2.90. The van der Waals surface area contributed by atoms with Crippen LogP contribution in [0, 0.1) is 13.8 Å². The lowest BCUT2D eigenvalue weighted by Crippen LogP contribution is -2.37. The summed E-state index contributed by atoms with van der Waals surface area (Å²) in [6.07, 6.45) is 2.33. The Balaban J connectivity index is 2.06. The number of rotatable bonds is 3. The van der Waals surface area contributed by atoms with Crippen LogP contribution in [0.4, 0.5) is 0 Å². The fourth-order valence-electron chi connectivity index (χ4n) is 2.88. The number of hydrogen-bond acceptors (Lipinski definition) is 2. The highest BCUT2D eigenvalue weighted by molar-refractivity contribution is 5.96. The topological polar surface area (TPSA) is 40.6 Å². The maximum atomic E-state index is 12.8. The Morgan fingerprint density at radius 3 is 2.45 bits per heavy atom. The molecule has 0 atom stereocenters. The minimum absolute atomic E-state index is 0.0889. The largest absolute Gasteiger partial charge is 0.341 e. The third kappa shape index (κ3) is 3.87. The molecule has 1 saturated heterocycles. The average molecular weight is 302 g/mol. The third-order valence-electron chi connectivity index (χ3n) is 4.22. The van der Waals surface area contributed by atoms with Crippen molar-refractivity contribution in [2.24, 2.45) is 0 Å². The number of aryl methyl sites for hydroxylation is 2. The van der Waals surface area contributed by atoms with Crippen molar-refractivity contribution in [3.05, 3.63) is 34.9 Å². The number of hydrogen-bond donors (Lipinski definition) is 0. The Hall–Kier alpha value is -1.84. The minimum Gasteiger partial charge on any atom is -0.341 e. The second-order valence-electron chi connectivity index (χ2n) is 6.09. The molecule has 1 heterocycles. The third-order valence-corrected chi connectivity index (χ3v) is 4.22. The molecule has 0 spiro atoms. The van der Waals surface area contributed by atoms with Gasteiger partial charge in [-0.3, -0.25) is 9.59 Å². The molecule has 2 amide bonds. The lowest BCUT2D eigenvalue weighted by molar-refractivity contribution is -0.131. The van der Waals surface area contributed by atoms with Gasteiger partial charge in [0, 0.05) is 38.2 Å². The number of benzene rings is 1. The molecule has 0 N–H and O–H groups in total. The summed E-state index contributed by atoms with van der Waals surface area (Å²) < 4.78 is 0. The van der Waals surface area contributed by atoms with Crippen LogP contribution in [-0.4, -0.2) is 47.8 Å². The lowest BCUT2D eigenvalue weighted by atomic mass is 10.0. The van der Waals surface area contributed by atoms with E-state index in [1.807, 2.05) is 48.8 Å². The van der Waals surface area contributed by atoms with Crippen molar-refractivity contribution in [1.82, 2.24) is 9.80 Å². The first-order chi connectivity index (χ1) is 10.5. The van der Waals surface area contributed by atoms with Gasteiger partial charge in [0.05, 0.1) is 0 Å². The molecule has 22 heavy (non-hydrogen) atoms. The van der Waals surface area contributed by atoms with Gasteiger partial charge >= 0.3 is 0 Å². The van der Waals surface area contributed by atoms with Gasteiger partial charge in [0.2, 0.25) is 5.91 Å². The first-order valence-electron chi connectivity index (χ1n) is 8.17. The van der Waals surface area contributed by atoms with E-state index in [0.29, 0.717) is 19.5 Å². The van der Waals surface area contributed by atoms with E-state index < -0.39 is 0 Å². The zero-order valence-electron chi connectivity index (χ0n) is 13.9. The highest BCUT2D eigenvalue weighted by atomic mass is 16.2. The van der Waals surface area contributed by atoms with Gasteiger partial charge in [-0.2, -0.15) is 0 Å². The van der Waals surface area contributed by atoms with Crippen LogP contribution in [0.15, 0.2) is 18.2 Å². The SMILES string of the molecule is CCCC(=O)N1CCCN(C(=O)c2cc(C)ccc2C)CC1. The molecule has 4 heteroatoms. The normalized spacial score (nSPS) is 15.6. The van der Waals surface area contributed by atoms with Gasteiger partial charge in [-0.1, -0.05) is 24.6 Å². The predicted octanol–water partition coefficient (Wildman–Crippen LogP) is 2.78. The summed E-state index contributed by atoms with van der Waals surface area (Å²) in [4.78, 5) is 28.6. The number of carbonyl (C=O) groups is 2. The molecule has 120 valence electrons. The van der Waals surface area contributed by atoms with Crippen LogP contribution in [-0.2, 0) is 4.79 Å². The second-order valence-corrected chi connectivity index (χ2v) is 6.09. The summed E-state index contributed by atoms with van der Waals surface area (Å²) in [7, 11) is 0. The molecule has 0 saturated carbocycles. The number of nitrogens with zero attached hydrogens (tertiary/aromatic N) is 2. The standard InChI is InChI=1S/C18H26N2O2/c1-4-6-17(21)19-9-5-10-20(12-11-19)18(22)16-13-14(2)7-8-15(16)3/h7-8,13H,4-6,9-12H2,1-3H3. The smallest absolute Gasteiger partial charge is 0.254 e. The van der Waals surface area contributed by atoms with Gasteiger partial charge < -0.3 is 9.80 Å². The van der Waals surface area contributed by atoms with Crippen molar-refractivity contribution in [3.8, 4) is 0 Å². The van der Waals surface area contributed by atoms with E-state index in [2.05, 4.69) is 0 Å². The maximum Gasteiger partial charge on any atom is 0.254 e. The van der Waals surface area contributed by atoms with Crippen LogP contribution in [0.1, 0.15) is 47.7 Å². The fraction of sp³-hybridized carbons (Fsp3) is 0.556. The van der Waals surface area contributed by atoms with Crippen LogP contribution >= 0.6 is 0 Å². The number of amides is 2. The quantitative estimate of drug-likeness (QED) is 0.861. The Bertz CT molecular complexity index is 554. The highest BCUT2D eigenvalue weighted by Crippen LogP contribution is 2.15. The van der Waals surface area contributed by atoms with Crippen molar-refractivity contribution in [3.63, 3.8) is 0 Å². The highest BCUT2D eigenvalue weighted by Gasteiger charge is 2.23. The zero-order chi connectivity index (χ0) is 16.1. The fourth-order valence-corrected chi connectivity index (χ4v) is 2.88. The molecular weight excluding hydrogens is 276 g/mol. The molecule has 4 nitrogen and oxygen atoms in total. The molecule has 2 rings (SSSR count). The molecule has 1 aromatic carbocycles. The van der Waals surface area contributed by atoms with Crippen LogP contribution < -0.4 is 0 Å². The zero-order valence-corrected chi connectivity index (χ0v) is 13.9. The van der Waals surface area contributed by atoms with E-state index in [-0.39, 0.29) is 11.8 Å². The van der Waals surface area contributed by atoms with E-state index in [9.17, 15) is 9.59 Å². The van der Waals surface area contributed by atoms with Crippen molar-refractivity contribution in [2.75, 3.05) is 26.2 Å². The first-order valence-corrected chi connectivity index (χ1v) is 8.17. The van der Waals surface area contributed by atoms with Gasteiger partial charge in [-0.15, -0.1) is 0 Å². The summed E-state index contributed by atoms with van der Waals surface area (Å²) in [5.74, 6) is 0.300. The van der Waals surface area contributed by atoms with Gasteiger partial charge in [-0.25, -0.2) is 0 Å². The molecule has 1 aromatic rings. The average Bonchev–Trinajstić information content (AvgIpc) is 2.75. The lowest BCUT2D eigenvalue weighted by Gasteiger charge is -2.23. The van der Waals surface area contributed by atoms with Crippen LogP contribution in [0.2, 0.25) is 0 Å². The predicted molar refractivity (Wildman–Crippen MR) is 87.9 cm³/mol. The van der Waals surface area contributed by atoms with E-state index in [1.165, 1.54) is 0 Å². The molecule has 1 fully saturated rings. The first kappa shape index (κ1) is 16.5. The molecule has 0 unspecified atom stereocenters. The van der Waals surface area contributed by atoms with E-state index >= 15 is 0 Å². The van der Waals surface area contributed by atoms with E-state index in [1.54, 1.807) is 0 Å². The second kappa shape index (κ2) is 7.43. The molecular formula is C18H26N2O2. The van der Waals surface area contributed by atoms with E-state index in [4.69, 9.17) is 0 Å². The van der Waals surface area contributed by atoms with Gasteiger partial charge in [0.25, 0.3) is 5.91 Å². The molecule has 1 aliphatic rings. The Labute approximate surface area is 133 Å². The molecule has 0 aromatic heterocycles. The number of carbonyl (C=O) groups excluding carboxylic acids is 2. The van der Waals surface area contributed by atoms with Gasteiger partial charge in [0.1, 0.15) is 0 Å². The maximum absolute atomic E-state index is 12.8. The van der Waals surface area contributed by atoms with Crippen molar-refractivity contribution < 1.29 is 9.59 Å². The Morgan fingerprint density at radius 2 is 1.73 bits per heavy atom. The Morgan fingerprint density at radius 1 is 1.05 bits per heavy atom. The molecule has 0 bridgehead atoms. The van der Waals surface area contributed by atoms with Crippen molar-refractivity contribution >= 4 is 11.8 Å². The summed E-state index contributed by atoms with van der Waals surface area (Å²) >= 11 is 0. The monoisotopic (exact) mass is 302 g/mol.